The Balaban J connectivity index is 1.80. The molecule has 2 aliphatic rings. The molecule has 1 aliphatic heterocycles. The Morgan fingerprint density at radius 3 is 2.46 bits per heavy atom. The number of hydrogen-bond donors (Lipinski definition) is 0. The van der Waals surface area contributed by atoms with Crippen molar-refractivity contribution in [2.45, 2.75) is 97.6 Å². The highest BCUT2D eigenvalue weighted by Gasteiger charge is 2.32. The maximum Gasteiger partial charge on any atom is 0.306 e. The van der Waals surface area contributed by atoms with Crippen LogP contribution in [0.1, 0.15) is 85.5 Å². The first-order valence-electron chi connectivity index (χ1n) is 13.0. The first kappa shape index (κ1) is 29.0. The van der Waals surface area contributed by atoms with Crippen molar-refractivity contribution in [3.05, 3.63) is 12.2 Å². The summed E-state index contributed by atoms with van der Waals surface area (Å²) in [6.45, 7) is 9.33. The van der Waals surface area contributed by atoms with E-state index in [1.807, 2.05) is 25.7 Å². The summed E-state index contributed by atoms with van der Waals surface area (Å²) >= 11 is 0. The standard InChI is InChI=1S/C27H44N2O6/c1-21(30)34-20-22-18-29(16-15-28(22)19-23(31)17-27(2,3)4)25(32)13-10-14-26(33)35-24-11-8-6-5-7-9-12-24/h5-6,22,24H,7-20H2,1-4H3/b6-5+. The SMILES string of the molecule is CC(=O)OCC1CN(C(=O)CCCC(=O)OC2CC/C=C/CCC2)CCN1CC(=O)CC(C)(C)C. The zero-order valence-corrected chi connectivity index (χ0v) is 22.1. The molecule has 2 atom stereocenters. The summed E-state index contributed by atoms with van der Waals surface area (Å²) in [4.78, 5) is 52.8. The van der Waals surface area contributed by atoms with Crippen LogP contribution < -0.4 is 0 Å². The summed E-state index contributed by atoms with van der Waals surface area (Å²) in [5.41, 5.74) is -0.0893. The van der Waals surface area contributed by atoms with E-state index in [0.29, 0.717) is 32.5 Å². The van der Waals surface area contributed by atoms with Crippen LogP contribution in [0.15, 0.2) is 12.2 Å². The Labute approximate surface area is 210 Å². The van der Waals surface area contributed by atoms with Crippen molar-refractivity contribution >= 4 is 23.6 Å². The van der Waals surface area contributed by atoms with Gasteiger partial charge >= 0.3 is 11.9 Å². The third kappa shape index (κ3) is 11.8. The summed E-state index contributed by atoms with van der Waals surface area (Å²) in [6.07, 6.45) is 10.4. The molecule has 35 heavy (non-hydrogen) atoms. The van der Waals surface area contributed by atoms with Gasteiger partial charge in [0.2, 0.25) is 5.91 Å². The molecule has 1 heterocycles. The largest absolute Gasteiger partial charge is 0.464 e. The number of ketones is 1. The molecule has 1 amide bonds. The highest BCUT2D eigenvalue weighted by molar-refractivity contribution is 5.81. The van der Waals surface area contributed by atoms with Gasteiger partial charge in [-0.15, -0.1) is 0 Å². The first-order chi connectivity index (χ1) is 16.5. The summed E-state index contributed by atoms with van der Waals surface area (Å²) in [5.74, 6) is -0.498. The average molecular weight is 493 g/mol. The molecule has 0 aromatic heterocycles. The highest BCUT2D eigenvalue weighted by atomic mass is 16.5. The Hall–Kier alpha value is -2.22. The van der Waals surface area contributed by atoms with E-state index in [-0.39, 0.29) is 67.2 Å². The molecule has 1 fully saturated rings. The minimum Gasteiger partial charge on any atom is -0.464 e. The molecule has 2 unspecified atom stereocenters. The van der Waals surface area contributed by atoms with Gasteiger partial charge in [-0.2, -0.15) is 0 Å². The molecule has 0 bridgehead atoms. The van der Waals surface area contributed by atoms with Gasteiger partial charge in [0.25, 0.3) is 0 Å². The second-order valence-electron chi connectivity index (χ2n) is 11.0. The summed E-state index contributed by atoms with van der Waals surface area (Å²) < 4.78 is 10.9. The molecule has 1 saturated heterocycles. The Morgan fingerprint density at radius 1 is 1.00 bits per heavy atom. The third-order valence-electron chi connectivity index (χ3n) is 6.33. The van der Waals surface area contributed by atoms with Gasteiger partial charge in [-0.1, -0.05) is 32.9 Å². The number of rotatable bonds is 10. The van der Waals surface area contributed by atoms with Gasteiger partial charge in [0.05, 0.1) is 12.6 Å². The minimum absolute atomic E-state index is 0.0256. The second kappa shape index (κ2) is 14.4. The number of hydrogen-bond acceptors (Lipinski definition) is 7. The number of esters is 2. The summed E-state index contributed by atoms with van der Waals surface area (Å²) in [7, 11) is 0. The van der Waals surface area contributed by atoms with Gasteiger partial charge < -0.3 is 14.4 Å². The molecule has 0 aromatic carbocycles. The molecule has 2 rings (SSSR count). The topological polar surface area (TPSA) is 93.2 Å². The van der Waals surface area contributed by atoms with E-state index in [2.05, 4.69) is 12.2 Å². The molecule has 0 saturated carbocycles. The van der Waals surface area contributed by atoms with E-state index < -0.39 is 0 Å². The predicted molar refractivity (Wildman–Crippen MR) is 134 cm³/mol. The van der Waals surface area contributed by atoms with Crippen LogP contribution in [0.4, 0.5) is 0 Å². The van der Waals surface area contributed by atoms with Crippen LogP contribution in [0.2, 0.25) is 0 Å². The fourth-order valence-corrected chi connectivity index (χ4v) is 4.60. The van der Waals surface area contributed by atoms with Gasteiger partial charge in [-0.05, 0) is 43.9 Å². The fourth-order valence-electron chi connectivity index (χ4n) is 4.60. The zero-order valence-electron chi connectivity index (χ0n) is 22.1. The zero-order chi connectivity index (χ0) is 25.8. The molecular weight excluding hydrogens is 448 g/mol. The predicted octanol–water partition coefficient (Wildman–Crippen LogP) is 3.67. The summed E-state index contributed by atoms with van der Waals surface area (Å²) in [6, 6.07) is -0.223. The van der Waals surface area contributed by atoms with E-state index in [0.717, 1.165) is 32.1 Å². The van der Waals surface area contributed by atoms with Crippen molar-refractivity contribution in [1.29, 1.82) is 0 Å². The maximum atomic E-state index is 12.8. The van der Waals surface area contributed by atoms with Crippen molar-refractivity contribution in [3.63, 3.8) is 0 Å². The Bertz CT molecular complexity index is 757. The normalized spacial score (nSPS) is 22.6. The molecule has 8 nitrogen and oxygen atoms in total. The van der Waals surface area contributed by atoms with Gasteiger partial charge in [-0.3, -0.25) is 24.1 Å². The first-order valence-corrected chi connectivity index (χ1v) is 13.0. The van der Waals surface area contributed by atoms with Crippen LogP contribution in [0.3, 0.4) is 0 Å². The van der Waals surface area contributed by atoms with Crippen LogP contribution in [0, 0.1) is 5.41 Å². The third-order valence-corrected chi connectivity index (χ3v) is 6.33. The number of carbonyl (C=O) groups is 4. The number of ether oxygens (including phenoxy) is 2. The van der Waals surface area contributed by atoms with Crippen molar-refractivity contribution in [2.24, 2.45) is 5.41 Å². The molecular formula is C27H44N2O6. The quantitative estimate of drug-likeness (QED) is 0.339. The van der Waals surface area contributed by atoms with Crippen molar-refractivity contribution in [2.75, 3.05) is 32.8 Å². The lowest BCUT2D eigenvalue weighted by molar-refractivity contribution is -0.150. The molecule has 0 spiro atoms. The van der Waals surface area contributed by atoms with Crippen LogP contribution in [-0.2, 0) is 28.7 Å². The van der Waals surface area contributed by atoms with Crippen LogP contribution >= 0.6 is 0 Å². The minimum atomic E-state index is -0.381. The lowest BCUT2D eigenvalue weighted by Gasteiger charge is -2.41. The van der Waals surface area contributed by atoms with Crippen molar-refractivity contribution in [3.8, 4) is 0 Å². The monoisotopic (exact) mass is 492 g/mol. The van der Waals surface area contributed by atoms with Crippen LogP contribution in [0.5, 0.6) is 0 Å². The van der Waals surface area contributed by atoms with Crippen LogP contribution in [0.25, 0.3) is 0 Å². The second-order valence-corrected chi connectivity index (χ2v) is 11.0. The number of allylic oxidation sites excluding steroid dienone is 2. The smallest absolute Gasteiger partial charge is 0.306 e. The fraction of sp³-hybridized carbons (Fsp3) is 0.778. The molecule has 1 aliphatic carbocycles. The van der Waals surface area contributed by atoms with Crippen LogP contribution in [-0.4, -0.2) is 78.4 Å². The number of carbonyl (C=O) groups excluding carboxylic acids is 4. The number of nitrogens with zero attached hydrogens (tertiary/aromatic N) is 2. The molecule has 0 aromatic rings. The number of Topliss-reactive ketones (excluding diaryl/α,β-unsaturated/α-hetero) is 1. The van der Waals surface area contributed by atoms with E-state index >= 15 is 0 Å². The van der Waals surface area contributed by atoms with E-state index in [4.69, 9.17) is 9.47 Å². The maximum absolute atomic E-state index is 12.8. The number of piperazine rings is 1. The summed E-state index contributed by atoms with van der Waals surface area (Å²) in [5, 5.41) is 0. The van der Waals surface area contributed by atoms with Gasteiger partial charge in [-0.25, -0.2) is 0 Å². The van der Waals surface area contributed by atoms with Crippen molar-refractivity contribution < 1.29 is 28.7 Å². The van der Waals surface area contributed by atoms with Crippen molar-refractivity contribution in [1.82, 2.24) is 9.80 Å². The molecule has 0 radical (unpaired) electrons. The highest BCUT2D eigenvalue weighted by Crippen LogP contribution is 2.21. The molecule has 198 valence electrons. The molecule has 8 heteroatoms. The Kier molecular flexibility index (Phi) is 11.9. The Morgan fingerprint density at radius 2 is 1.74 bits per heavy atom. The van der Waals surface area contributed by atoms with Gasteiger partial charge in [0.1, 0.15) is 18.5 Å². The van der Waals surface area contributed by atoms with Gasteiger partial charge in [0.15, 0.2) is 0 Å². The average Bonchev–Trinajstić information content (AvgIpc) is 2.73. The van der Waals surface area contributed by atoms with E-state index in [1.165, 1.54) is 6.92 Å². The number of amides is 1. The lowest BCUT2D eigenvalue weighted by Crippen LogP contribution is -2.57. The van der Waals surface area contributed by atoms with E-state index in [1.54, 1.807) is 4.90 Å². The molecule has 0 N–H and O–H groups in total. The van der Waals surface area contributed by atoms with E-state index in [9.17, 15) is 19.2 Å². The lowest BCUT2D eigenvalue weighted by atomic mass is 9.89. The van der Waals surface area contributed by atoms with Gasteiger partial charge in [0, 0.05) is 45.8 Å².